The van der Waals surface area contributed by atoms with Crippen molar-refractivity contribution in [3.05, 3.63) is 47.4 Å². The van der Waals surface area contributed by atoms with Crippen LogP contribution in [0.1, 0.15) is 11.1 Å². The predicted molar refractivity (Wildman–Crippen MR) is 65.8 cm³/mol. The van der Waals surface area contributed by atoms with Gasteiger partial charge in [-0.15, -0.1) is 5.10 Å². The van der Waals surface area contributed by atoms with Crippen molar-refractivity contribution in [2.75, 3.05) is 0 Å². The number of aryl methyl sites for hydroxylation is 1. The second-order valence-corrected chi connectivity index (χ2v) is 3.77. The topological polar surface area (TPSA) is 93.6 Å². The fraction of sp³-hybridized carbons (Fsp3) is 0.0833. The number of nitrogens with zero attached hydrogens (tertiary/aromatic N) is 3. The average Bonchev–Trinajstić information content (AvgIpc) is 2.42. The van der Waals surface area contributed by atoms with Crippen molar-refractivity contribution < 1.29 is 14.3 Å². The van der Waals surface area contributed by atoms with Crippen LogP contribution in [0.5, 0.6) is 11.6 Å². The highest BCUT2D eigenvalue weighted by atomic mass is 19.1. The van der Waals surface area contributed by atoms with Crippen LogP contribution in [0.2, 0.25) is 0 Å². The molecule has 0 fully saturated rings. The zero-order valence-electron chi connectivity index (χ0n) is 10.0. The van der Waals surface area contributed by atoms with Gasteiger partial charge in [-0.05, 0) is 30.7 Å². The van der Waals surface area contributed by atoms with Gasteiger partial charge in [0.15, 0.2) is 17.4 Å². The van der Waals surface area contributed by atoms with Gasteiger partial charge in [-0.1, -0.05) is 11.2 Å². The molecule has 0 atom stereocenters. The lowest BCUT2D eigenvalue weighted by atomic mass is 10.2. The van der Waals surface area contributed by atoms with Crippen LogP contribution in [0.4, 0.5) is 4.39 Å². The van der Waals surface area contributed by atoms with Gasteiger partial charge in [-0.25, -0.2) is 4.39 Å². The summed E-state index contributed by atoms with van der Waals surface area (Å²) in [7, 11) is 0. The molecule has 3 N–H and O–H groups in total. The number of nitrogens with two attached hydrogens (primary N) is 1. The number of oxime groups is 1. The summed E-state index contributed by atoms with van der Waals surface area (Å²) in [5.41, 5.74) is 6.52. The third kappa shape index (κ3) is 2.76. The molecule has 0 bridgehead atoms. The van der Waals surface area contributed by atoms with Gasteiger partial charge in [0, 0.05) is 0 Å². The predicted octanol–water partition coefficient (Wildman–Crippen LogP) is 1.81. The van der Waals surface area contributed by atoms with Crippen molar-refractivity contribution in [1.82, 2.24) is 10.2 Å². The maximum atomic E-state index is 13.6. The summed E-state index contributed by atoms with van der Waals surface area (Å²) in [5.74, 6) is -0.783. The first-order valence-electron chi connectivity index (χ1n) is 5.35. The number of amidine groups is 1. The number of hydrogen-bond acceptors (Lipinski definition) is 5. The van der Waals surface area contributed by atoms with E-state index in [1.54, 1.807) is 13.0 Å². The minimum atomic E-state index is -0.540. The molecule has 0 saturated heterocycles. The number of aromatic nitrogens is 2. The average molecular weight is 262 g/mol. The lowest BCUT2D eigenvalue weighted by Crippen LogP contribution is -2.15. The summed E-state index contributed by atoms with van der Waals surface area (Å²) in [4.78, 5) is 0. The van der Waals surface area contributed by atoms with Crippen LogP contribution in [0.25, 0.3) is 0 Å². The first-order valence-corrected chi connectivity index (χ1v) is 5.35. The van der Waals surface area contributed by atoms with Crippen LogP contribution in [0.15, 0.2) is 35.6 Å². The van der Waals surface area contributed by atoms with Crippen LogP contribution in [0.3, 0.4) is 0 Å². The molecule has 7 heteroatoms. The fourth-order valence-corrected chi connectivity index (χ4v) is 1.44. The number of halogens is 1. The molecular weight excluding hydrogens is 251 g/mol. The molecule has 1 heterocycles. The third-order valence-corrected chi connectivity index (χ3v) is 2.36. The second kappa shape index (κ2) is 5.30. The van der Waals surface area contributed by atoms with E-state index in [-0.39, 0.29) is 23.0 Å². The molecule has 0 saturated carbocycles. The summed E-state index contributed by atoms with van der Waals surface area (Å²) in [5, 5.41) is 18.8. The molecular formula is C12H11FN4O2. The van der Waals surface area contributed by atoms with Gasteiger partial charge >= 0.3 is 0 Å². The summed E-state index contributed by atoms with van der Waals surface area (Å²) in [6, 6.07) is 5.86. The quantitative estimate of drug-likeness (QED) is 0.381. The van der Waals surface area contributed by atoms with Crippen molar-refractivity contribution in [3.8, 4) is 11.6 Å². The van der Waals surface area contributed by atoms with Gasteiger partial charge in [0.05, 0.1) is 11.8 Å². The van der Waals surface area contributed by atoms with E-state index in [9.17, 15) is 4.39 Å². The van der Waals surface area contributed by atoms with E-state index >= 15 is 0 Å². The fourth-order valence-electron chi connectivity index (χ4n) is 1.44. The Kier molecular flexibility index (Phi) is 3.56. The highest BCUT2D eigenvalue weighted by Gasteiger charge is 2.13. The maximum absolute atomic E-state index is 13.6. The maximum Gasteiger partial charge on any atom is 0.250 e. The van der Waals surface area contributed by atoms with Gasteiger partial charge in [-0.3, -0.25) is 0 Å². The second-order valence-electron chi connectivity index (χ2n) is 3.77. The molecule has 0 unspecified atom stereocenters. The van der Waals surface area contributed by atoms with Gasteiger partial charge in [0.2, 0.25) is 5.88 Å². The SMILES string of the molecule is Cc1ccc(F)c(Oc2nnccc2/C(N)=N/O)c1. The van der Waals surface area contributed by atoms with Crippen molar-refractivity contribution in [2.24, 2.45) is 10.9 Å². The number of benzene rings is 1. The van der Waals surface area contributed by atoms with Gasteiger partial charge in [0.1, 0.15) is 0 Å². The van der Waals surface area contributed by atoms with E-state index in [2.05, 4.69) is 15.4 Å². The molecule has 2 aromatic rings. The molecule has 1 aromatic carbocycles. The van der Waals surface area contributed by atoms with Gasteiger partial charge in [-0.2, -0.15) is 5.10 Å². The normalized spacial score (nSPS) is 11.4. The monoisotopic (exact) mass is 262 g/mol. The van der Waals surface area contributed by atoms with E-state index in [1.807, 2.05) is 0 Å². The number of rotatable bonds is 3. The molecule has 0 aliphatic heterocycles. The Balaban J connectivity index is 2.41. The summed E-state index contributed by atoms with van der Waals surface area (Å²) in [6.45, 7) is 1.80. The van der Waals surface area contributed by atoms with Crippen LogP contribution in [-0.4, -0.2) is 21.2 Å². The van der Waals surface area contributed by atoms with Crippen LogP contribution in [-0.2, 0) is 0 Å². The van der Waals surface area contributed by atoms with Crippen molar-refractivity contribution in [3.63, 3.8) is 0 Å². The largest absolute Gasteiger partial charge is 0.434 e. The minimum Gasteiger partial charge on any atom is -0.434 e. The highest BCUT2D eigenvalue weighted by Crippen LogP contribution is 2.25. The molecule has 0 radical (unpaired) electrons. The van der Waals surface area contributed by atoms with E-state index in [0.29, 0.717) is 0 Å². The molecule has 6 nitrogen and oxygen atoms in total. The lowest BCUT2D eigenvalue weighted by Gasteiger charge is -2.09. The van der Waals surface area contributed by atoms with Gasteiger partial charge < -0.3 is 15.7 Å². The van der Waals surface area contributed by atoms with Crippen LogP contribution < -0.4 is 10.5 Å². The van der Waals surface area contributed by atoms with Gasteiger partial charge in [0.25, 0.3) is 0 Å². The summed E-state index contributed by atoms with van der Waals surface area (Å²) >= 11 is 0. The first-order chi connectivity index (χ1) is 9.11. The van der Waals surface area contributed by atoms with Crippen molar-refractivity contribution >= 4 is 5.84 Å². The van der Waals surface area contributed by atoms with Crippen LogP contribution in [0, 0.1) is 12.7 Å². The number of ether oxygens (including phenoxy) is 1. The zero-order chi connectivity index (χ0) is 13.8. The molecule has 0 spiro atoms. The molecule has 19 heavy (non-hydrogen) atoms. The summed E-state index contributed by atoms with van der Waals surface area (Å²) < 4.78 is 18.9. The van der Waals surface area contributed by atoms with E-state index < -0.39 is 5.82 Å². The van der Waals surface area contributed by atoms with Crippen LogP contribution >= 0.6 is 0 Å². The smallest absolute Gasteiger partial charge is 0.250 e. The Morgan fingerprint density at radius 2 is 2.21 bits per heavy atom. The van der Waals surface area contributed by atoms with Crippen molar-refractivity contribution in [2.45, 2.75) is 6.92 Å². The molecule has 0 aliphatic rings. The van der Waals surface area contributed by atoms with Crippen molar-refractivity contribution in [1.29, 1.82) is 0 Å². The van der Waals surface area contributed by atoms with E-state index in [1.165, 1.54) is 24.4 Å². The molecule has 98 valence electrons. The third-order valence-electron chi connectivity index (χ3n) is 2.36. The Morgan fingerprint density at radius 1 is 1.42 bits per heavy atom. The zero-order valence-corrected chi connectivity index (χ0v) is 10.0. The molecule has 1 aromatic heterocycles. The first kappa shape index (κ1) is 12.7. The molecule has 0 amide bonds. The molecule has 2 rings (SSSR count). The van der Waals surface area contributed by atoms with E-state index in [4.69, 9.17) is 15.7 Å². The van der Waals surface area contributed by atoms with E-state index in [0.717, 1.165) is 5.56 Å². The molecule has 0 aliphatic carbocycles. The summed E-state index contributed by atoms with van der Waals surface area (Å²) in [6.07, 6.45) is 1.35. The standard InChI is InChI=1S/C12H11FN4O2/c1-7-2-3-9(13)10(6-7)19-12-8(11(14)17-18)4-5-15-16-12/h2-6,18H,1H3,(H2,14,17). The Bertz CT molecular complexity index is 631. The Labute approximate surface area is 108 Å². The Morgan fingerprint density at radius 3 is 2.95 bits per heavy atom. The highest BCUT2D eigenvalue weighted by molar-refractivity contribution is 5.98. The minimum absolute atomic E-state index is 0.00695. The number of hydrogen-bond donors (Lipinski definition) is 2. The lowest BCUT2D eigenvalue weighted by molar-refractivity contribution is 0.318. The Hall–Kier alpha value is -2.70.